The van der Waals surface area contributed by atoms with E-state index in [2.05, 4.69) is 35.9 Å². The summed E-state index contributed by atoms with van der Waals surface area (Å²) in [5.74, 6) is 0.0882. The van der Waals surface area contributed by atoms with Crippen molar-refractivity contribution in [3.8, 4) is 0 Å². The molecule has 21 heavy (non-hydrogen) atoms. The monoisotopic (exact) mass is 305 g/mol. The summed E-state index contributed by atoms with van der Waals surface area (Å²) in [6.07, 6.45) is 1.32. The molecule has 0 aliphatic heterocycles. The first-order valence-electron chi connectivity index (χ1n) is 6.09. The number of aryl methyl sites for hydroxylation is 1. The van der Waals surface area contributed by atoms with Gasteiger partial charge in [0, 0.05) is 0 Å². The van der Waals surface area contributed by atoms with Crippen LogP contribution in [0.1, 0.15) is 34.0 Å². The summed E-state index contributed by atoms with van der Waals surface area (Å²) in [5.41, 5.74) is 0.362. The van der Waals surface area contributed by atoms with Gasteiger partial charge >= 0.3 is 0 Å². The van der Waals surface area contributed by atoms with Crippen molar-refractivity contribution in [3.05, 3.63) is 32.9 Å². The molecular weight excluding hydrogens is 294 g/mol. The molecule has 0 fully saturated rings. The van der Waals surface area contributed by atoms with E-state index in [1.165, 1.54) is 17.7 Å². The second-order valence-electron chi connectivity index (χ2n) is 4.43. The van der Waals surface area contributed by atoms with Gasteiger partial charge in [-0.3, -0.25) is 9.59 Å². The Morgan fingerprint density at radius 1 is 1.48 bits per heavy atom. The van der Waals surface area contributed by atoms with Crippen molar-refractivity contribution < 1.29 is 4.79 Å². The average molecular weight is 305 g/mol. The number of nitrogens with one attached hydrogen (secondary N) is 3. The highest BCUT2D eigenvalue weighted by Gasteiger charge is 2.21. The molecule has 108 valence electrons. The number of hydrogen-bond donors (Lipinski definition) is 3. The fraction of sp³-hybridized carbons (Fsp3) is 0.273. The van der Waals surface area contributed by atoms with Crippen LogP contribution in [-0.2, 0) is 0 Å². The molecule has 0 radical (unpaired) electrons. The zero-order valence-electron chi connectivity index (χ0n) is 11.2. The van der Waals surface area contributed by atoms with Crippen LogP contribution >= 0.6 is 11.3 Å². The second kappa shape index (κ2) is 5.05. The van der Waals surface area contributed by atoms with Gasteiger partial charge in [-0.05, 0) is 19.4 Å². The van der Waals surface area contributed by atoms with Crippen molar-refractivity contribution >= 4 is 27.5 Å². The average Bonchev–Trinajstić information content (AvgIpc) is 3.07. The number of H-pyrrole nitrogens is 2. The maximum atomic E-state index is 12.3. The van der Waals surface area contributed by atoms with Crippen LogP contribution in [0.5, 0.6) is 0 Å². The Hall–Kier alpha value is -2.62. The van der Waals surface area contributed by atoms with Crippen molar-refractivity contribution in [2.75, 3.05) is 0 Å². The van der Waals surface area contributed by atoms with Crippen LogP contribution in [-0.4, -0.2) is 36.5 Å². The molecule has 1 amide bonds. The van der Waals surface area contributed by atoms with E-state index in [1.54, 1.807) is 13.8 Å². The molecule has 0 aliphatic rings. The zero-order chi connectivity index (χ0) is 15.0. The SMILES string of the molecule is Cc1c(C(=O)NC(C)c2nn[nH]n2)sc2nc[nH]c(=O)c12. The first-order chi connectivity index (χ1) is 10.1. The number of carbonyl (C=O) groups excluding carboxylic acids is 1. The molecule has 3 aromatic rings. The highest BCUT2D eigenvalue weighted by atomic mass is 32.1. The van der Waals surface area contributed by atoms with E-state index in [9.17, 15) is 9.59 Å². The van der Waals surface area contributed by atoms with Crippen LogP contribution in [0.4, 0.5) is 0 Å². The van der Waals surface area contributed by atoms with Gasteiger partial charge in [0.25, 0.3) is 11.5 Å². The van der Waals surface area contributed by atoms with Gasteiger partial charge in [-0.25, -0.2) is 4.98 Å². The van der Waals surface area contributed by atoms with Gasteiger partial charge in [-0.1, -0.05) is 5.21 Å². The fourth-order valence-corrected chi connectivity index (χ4v) is 3.03. The molecule has 0 bridgehead atoms. The normalized spacial score (nSPS) is 12.5. The largest absolute Gasteiger partial charge is 0.341 e. The van der Waals surface area contributed by atoms with Gasteiger partial charge in [0.05, 0.1) is 22.6 Å². The summed E-state index contributed by atoms with van der Waals surface area (Å²) in [5, 5.41) is 16.6. The Labute approximate surface area is 121 Å². The van der Waals surface area contributed by atoms with Crippen molar-refractivity contribution in [3.63, 3.8) is 0 Å². The zero-order valence-corrected chi connectivity index (χ0v) is 12.0. The quantitative estimate of drug-likeness (QED) is 0.638. The van der Waals surface area contributed by atoms with Gasteiger partial charge in [0.1, 0.15) is 4.83 Å². The summed E-state index contributed by atoms with van der Waals surface area (Å²) in [6, 6.07) is -0.396. The van der Waals surface area contributed by atoms with Crippen molar-refractivity contribution in [1.82, 2.24) is 35.9 Å². The Morgan fingerprint density at radius 3 is 2.95 bits per heavy atom. The molecule has 3 N–H and O–H groups in total. The van der Waals surface area contributed by atoms with E-state index in [4.69, 9.17) is 0 Å². The van der Waals surface area contributed by atoms with E-state index in [0.29, 0.717) is 26.5 Å². The van der Waals surface area contributed by atoms with Crippen molar-refractivity contribution in [1.29, 1.82) is 0 Å². The number of aromatic amines is 2. The minimum Gasteiger partial charge on any atom is -0.341 e. The summed E-state index contributed by atoms with van der Waals surface area (Å²) in [6.45, 7) is 3.47. The summed E-state index contributed by atoms with van der Waals surface area (Å²) in [4.78, 5) is 31.7. The van der Waals surface area contributed by atoms with Crippen LogP contribution in [0.25, 0.3) is 10.2 Å². The predicted octanol–water partition coefficient (Wildman–Crippen LogP) is 0.297. The van der Waals surface area contributed by atoms with Gasteiger partial charge < -0.3 is 10.3 Å². The maximum absolute atomic E-state index is 12.3. The number of aromatic nitrogens is 6. The maximum Gasteiger partial charge on any atom is 0.262 e. The lowest BCUT2D eigenvalue weighted by atomic mass is 10.2. The highest BCUT2D eigenvalue weighted by molar-refractivity contribution is 7.20. The van der Waals surface area contributed by atoms with Gasteiger partial charge in [0.15, 0.2) is 5.82 Å². The molecule has 0 spiro atoms. The molecule has 9 nitrogen and oxygen atoms in total. The number of carbonyl (C=O) groups is 1. The topological polar surface area (TPSA) is 129 Å². The lowest BCUT2D eigenvalue weighted by molar-refractivity contribution is 0.0942. The summed E-state index contributed by atoms with van der Waals surface area (Å²) >= 11 is 1.18. The van der Waals surface area contributed by atoms with E-state index in [1.807, 2.05) is 0 Å². The van der Waals surface area contributed by atoms with E-state index >= 15 is 0 Å². The number of nitrogens with zero attached hydrogens (tertiary/aromatic N) is 4. The number of tetrazole rings is 1. The molecule has 10 heteroatoms. The number of fused-ring (bicyclic) bond motifs is 1. The molecule has 0 aliphatic carbocycles. The third-order valence-electron chi connectivity index (χ3n) is 3.04. The van der Waals surface area contributed by atoms with Crippen LogP contribution in [0.15, 0.2) is 11.1 Å². The van der Waals surface area contributed by atoms with Crippen LogP contribution in [0.3, 0.4) is 0 Å². The molecule has 0 saturated heterocycles. The van der Waals surface area contributed by atoms with Crippen LogP contribution < -0.4 is 10.9 Å². The molecule has 3 aromatic heterocycles. The molecule has 3 rings (SSSR count). The smallest absolute Gasteiger partial charge is 0.262 e. The Morgan fingerprint density at radius 2 is 2.29 bits per heavy atom. The molecule has 1 atom stereocenters. The molecule has 0 saturated carbocycles. The van der Waals surface area contributed by atoms with Crippen LogP contribution in [0.2, 0.25) is 0 Å². The van der Waals surface area contributed by atoms with Crippen molar-refractivity contribution in [2.24, 2.45) is 0 Å². The first kappa shape index (κ1) is 13.4. The third kappa shape index (κ3) is 2.29. The Kier molecular flexibility index (Phi) is 3.22. The van der Waals surface area contributed by atoms with Crippen LogP contribution in [0, 0.1) is 6.92 Å². The number of thiophene rings is 1. The standard InChI is InChI=1S/C11H11N7O2S/c1-4-6-9(19)12-3-13-11(6)21-7(4)10(20)14-5(2)8-15-17-18-16-8/h3,5H,1-2H3,(H,14,20)(H,12,13,19)(H,15,16,17,18). The van der Waals surface area contributed by atoms with E-state index in [0.717, 1.165) is 0 Å². The lowest BCUT2D eigenvalue weighted by Gasteiger charge is -2.09. The fourth-order valence-electron chi connectivity index (χ4n) is 1.97. The second-order valence-corrected chi connectivity index (χ2v) is 5.43. The predicted molar refractivity (Wildman–Crippen MR) is 75.0 cm³/mol. The van der Waals surface area contributed by atoms with Crippen molar-refractivity contribution in [2.45, 2.75) is 19.9 Å². The minimum absolute atomic E-state index is 0.251. The summed E-state index contributed by atoms with van der Waals surface area (Å²) in [7, 11) is 0. The minimum atomic E-state index is -0.396. The molecule has 3 heterocycles. The Bertz CT molecular complexity index is 851. The Balaban J connectivity index is 1.93. The first-order valence-corrected chi connectivity index (χ1v) is 6.90. The molecule has 1 unspecified atom stereocenters. The van der Waals surface area contributed by atoms with E-state index in [-0.39, 0.29) is 11.5 Å². The number of hydrogen-bond acceptors (Lipinski definition) is 7. The molecular formula is C11H11N7O2S. The number of rotatable bonds is 3. The summed E-state index contributed by atoms with van der Waals surface area (Å²) < 4.78 is 0. The van der Waals surface area contributed by atoms with Gasteiger partial charge in [-0.2, -0.15) is 5.21 Å². The van der Waals surface area contributed by atoms with Gasteiger partial charge in [-0.15, -0.1) is 21.5 Å². The number of amides is 1. The van der Waals surface area contributed by atoms with Gasteiger partial charge in [0.2, 0.25) is 0 Å². The van der Waals surface area contributed by atoms with E-state index < -0.39 is 6.04 Å². The third-order valence-corrected chi connectivity index (χ3v) is 4.23. The lowest BCUT2D eigenvalue weighted by Crippen LogP contribution is -2.27. The molecule has 0 aromatic carbocycles. The highest BCUT2D eigenvalue weighted by Crippen LogP contribution is 2.26.